The number of carbonyl (C=O) groups is 1. The van der Waals surface area contributed by atoms with Crippen molar-refractivity contribution in [1.29, 1.82) is 0 Å². The lowest BCUT2D eigenvalue weighted by atomic mass is 10.1. The van der Waals surface area contributed by atoms with E-state index in [2.05, 4.69) is 11.8 Å². The van der Waals surface area contributed by atoms with Gasteiger partial charge in [-0.05, 0) is 43.3 Å². The van der Waals surface area contributed by atoms with E-state index in [1.807, 2.05) is 0 Å². The average molecular weight is 378 g/mol. The maximum absolute atomic E-state index is 12.9. The van der Waals surface area contributed by atoms with Crippen LogP contribution in [0.25, 0.3) is 0 Å². The van der Waals surface area contributed by atoms with Gasteiger partial charge in [-0.2, -0.15) is 0 Å². The molecular formula is C18H16ClNO4S. The van der Waals surface area contributed by atoms with Crippen LogP contribution in [0.5, 0.6) is 5.75 Å². The van der Waals surface area contributed by atoms with Gasteiger partial charge in [-0.15, -0.1) is 5.92 Å². The van der Waals surface area contributed by atoms with Gasteiger partial charge in [-0.1, -0.05) is 29.7 Å². The van der Waals surface area contributed by atoms with E-state index >= 15 is 0 Å². The average Bonchev–Trinajstić information content (AvgIpc) is 2.62. The zero-order chi connectivity index (χ0) is 18.2. The largest absolute Gasteiger partial charge is 0.611 e. The number of amides is 1. The standard InChI is InChI=1S/C18H16ClNO4S/c1-2-3-11-24-15-7-9-16(10-8-15)25(23)17(18(21)20-22)13-5-4-6-14(19)12-13/h4-10,12,17,22H,11H2,1H3,(H,20,21). The minimum absolute atomic E-state index is 0.261. The van der Waals surface area contributed by atoms with Gasteiger partial charge in [0, 0.05) is 21.8 Å². The molecule has 25 heavy (non-hydrogen) atoms. The van der Waals surface area contributed by atoms with Crippen molar-refractivity contribution in [3.63, 3.8) is 0 Å². The summed E-state index contributed by atoms with van der Waals surface area (Å²) in [7, 11) is 0. The molecule has 5 nitrogen and oxygen atoms in total. The molecule has 2 unspecified atom stereocenters. The van der Waals surface area contributed by atoms with E-state index in [0.717, 1.165) is 0 Å². The monoisotopic (exact) mass is 377 g/mol. The molecule has 0 heterocycles. The first-order valence-corrected chi connectivity index (χ1v) is 8.88. The second-order valence-corrected chi connectivity index (χ2v) is 6.87. The maximum atomic E-state index is 12.9. The highest BCUT2D eigenvalue weighted by molar-refractivity contribution is 7.92. The zero-order valence-electron chi connectivity index (χ0n) is 13.4. The van der Waals surface area contributed by atoms with E-state index in [0.29, 0.717) is 21.2 Å². The number of hydroxylamine groups is 1. The molecule has 0 radical (unpaired) electrons. The highest BCUT2D eigenvalue weighted by atomic mass is 35.5. The third kappa shape index (κ3) is 5.15. The molecule has 0 saturated heterocycles. The van der Waals surface area contributed by atoms with Crippen molar-refractivity contribution in [2.45, 2.75) is 17.1 Å². The summed E-state index contributed by atoms with van der Waals surface area (Å²) in [5.41, 5.74) is 2.01. The molecule has 2 N–H and O–H groups in total. The summed E-state index contributed by atoms with van der Waals surface area (Å²) in [6.07, 6.45) is 0. The van der Waals surface area contributed by atoms with E-state index in [1.54, 1.807) is 60.9 Å². The van der Waals surface area contributed by atoms with Crippen molar-refractivity contribution in [3.05, 3.63) is 59.1 Å². The Labute approximate surface area is 154 Å². The Morgan fingerprint density at radius 1 is 1.36 bits per heavy atom. The predicted molar refractivity (Wildman–Crippen MR) is 95.9 cm³/mol. The van der Waals surface area contributed by atoms with E-state index in [4.69, 9.17) is 21.5 Å². The molecule has 0 aliphatic heterocycles. The minimum atomic E-state index is -1.74. The molecule has 0 spiro atoms. The Hall–Kier alpha value is -2.17. The molecule has 0 bridgehead atoms. The van der Waals surface area contributed by atoms with Gasteiger partial charge in [0.2, 0.25) is 5.25 Å². The van der Waals surface area contributed by atoms with Gasteiger partial charge in [0.15, 0.2) is 4.90 Å². The molecule has 2 rings (SSSR count). The van der Waals surface area contributed by atoms with Crippen LogP contribution in [0.2, 0.25) is 5.02 Å². The Morgan fingerprint density at radius 3 is 2.68 bits per heavy atom. The van der Waals surface area contributed by atoms with Crippen LogP contribution in [0.4, 0.5) is 0 Å². The fourth-order valence-electron chi connectivity index (χ4n) is 2.10. The van der Waals surface area contributed by atoms with E-state index < -0.39 is 22.3 Å². The molecule has 0 fully saturated rings. The van der Waals surface area contributed by atoms with Crippen molar-refractivity contribution in [2.24, 2.45) is 0 Å². The van der Waals surface area contributed by atoms with Crippen molar-refractivity contribution >= 4 is 28.7 Å². The fourth-order valence-corrected chi connectivity index (χ4v) is 3.61. The van der Waals surface area contributed by atoms with E-state index in [9.17, 15) is 9.35 Å². The third-order valence-corrected chi connectivity index (χ3v) is 5.14. The van der Waals surface area contributed by atoms with Crippen LogP contribution in [0.15, 0.2) is 53.4 Å². The lowest BCUT2D eigenvalue weighted by Gasteiger charge is -2.20. The van der Waals surface area contributed by atoms with Crippen LogP contribution < -0.4 is 10.2 Å². The molecule has 2 aromatic rings. The lowest BCUT2D eigenvalue weighted by molar-refractivity contribution is -0.128. The summed E-state index contributed by atoms with van der Waals surface area (Å²) >= 11 is 4.21. The smallest absolute Gasteiger partial charge is 0.301 e. The Morgan fingerprint density at radius 2 is 2.08 bits per heavy atom. The quantitative estimate of drug-likeness (QED) is 0.351. The van der Waals surface area contributed by atoms with Crippen LogP contribution in [-0.4, -0.2) is 22.3 Å². The van der Waals surface area contributed by atoms with Crippen LogP contribution in [0.1, 0.15) is 17.7 Å². The van der Waals surface area contributed by atoms with Gasteiger partial charge in [-0.3, -0.25) is 10.0 Å². The summed E-state index contributed by atoms with van der Waals surface area (Å²) in [5.74, 6) is 5.30. The molecule has 0 saturated carbocycles. The first-order valence-electron chi connectivity index (χ1n) is 7.29. The van der Waals surface area contributed by atoms with Gasteiger partial charge in [-0.25, -0.2) is 5.48 Å². The number of nitrogens with one attached hydrogen (secondary N) is 1. The van der Waals surface area contributed by atoms with E-state index in [1.165, 1.54) is 0 Å². The van der Waals surface area contributed by atoms with Gasteiger partial charge < -0.3 is 9.29 Å². The highest BCUT2D eigenvalue weighted by Crippen LogP contribution is 2.31. The summed E-state index contributed by atoms with van der Waals surface area (Å²) in [6, 6.07) is 13.0. The summed E-state index contributed by atoms with van der Waals surface area (Å²) in [5, 5.41) is 8.31. The number of hydrogen-bond acceptors (Lipinski definition) is 4. The number of carbonyl (C=O) groups excluding carboxylic acids is 1. The van der Waals surface area contributed by atoms with Crippen LogP contribution in [0, 0.1) is 11.8 Å². The normalized spacial score (nSPS) is 12.5. The molecule has 7 heteroatoms. The number of halogens is 1. The number of hydrogen-bond donors (Lipinski definition) is 2. The number of ether oxygens (including phenoxy) is 1. The molecule has 0 aliphatic rings. The summed E-state index contributed by atoms with van der Waals surface area (Å²) in [4.78, 5) is 12.5. The van der Waals surface area contributed by atoms with Gasteiger partial charge in [0.1, 0.15) is 12.4 Å². The minimum Gasteiger partial charge on any atom is -0.611 e. The molecule has 2 atom stereocenters. The van der Waals surface area contributed by atoms with Crippen molar-refractivity contribution in [1.82, 2.24) is 5.48 Å². The Bertz CT molecular complexity index is 786. The number of rotatable bonds is 6. The van der Waals surface area contributed by atoms with E-state index in [-0.39, 0.29) is 6.61 Å². The topological polar surface area (TPSA) is 81.6 Å². The molecule has 0 aromatic heterocycles. The molecule has 0 aliphatic carbocycles. The molecule has 1 amide bonds. The highest BCUT2D eigenvalue weighted by Gasteiger charge is 2.34. The number of benzene rings is 2. The lowest BCUT2D eigenvalue weighted by Crippen LogP contribution is -2.31. The van der Waals surface area contributed by atoms with Crippen molar-refractivity contribution in [2.75, 3.05) is 6.61 Å². The molecular weight excluding hydrogens is 362 g/mol. The van der Waals surface area contributed by atoms with Gasteiger partial charge in [0.25, 0.3) is 0 Å². The van der Waals surface area contributed by atoms with Crippen LogP contribution in [-0.2, 0) is 16.0 Å². The summed E-state index contributed by atoms with van der Waals surface area (Å²) in [6.45, 7) is 1.98. The molecule has 130 valence electrons. The van der Waals surface area contributed by atoms with Crippen molar-refractivity contribution < 1.29 is 19.3 Å². The first kappa shape index (κ1) is 19.2. The molecule has 2 aromatic carbocycles. The van der Waals surface area contributed by atoms with Gasteiger partial charge in [0.05, 0.1) is 0 Å². The second-order valence-electron chi connectivity index (χ2n) is 4.90. The van der Waals surface area contributed by atoms with Crippen LogP contribution >= 0.6 is 11.6 Å². The predicted octanol–water partition coefficient (Wildman–Crippen LogP) is 3.10. The fraction of sp³-hybridized carbons (Fsp3) is 0.167. The van der Waals surface area contributed by atoms with Gasteiger partial charge >= 0.3 is 5.91 Å². The Kier molecular flexibility index (Phi) is 7.16. The SMILES string of the molecule is CC#CCOc1ccc([S+]([O-])C(C(=O)NO)c2cccc(Cl)c2)cc1. The maximum Gasteiger partial charge on any atom is 0.301 e. The zero-order valence-corrected chi connectivity index (χ0v) is 14.9. The third-order valence-electron chi connectivity index (χ3n) is 3.26. The van der Waals surface area contributed by atoms with Crippen molar-refractivity contribution in [3.8, 4) is 17.6 Å². The first-order chi connectivity index (χ1) is 12.1. The van der Waals surface area contributed by atoms with Crippen LogP contribution in [0.3, 0.4) is 0 Å². The summed E-state index contributed by atoms with van der Waals surface area (Å²) < 4.78 is 18.3. The second kappa shape index (κ2) is 9.35. The Balaban J connectivity index is 2.25.